The van der Waals surface area contributed by atoms with Gasteiger partial charge < -0.3 is 25.3 Å². The Kier molecular flexibility index (Phi) is 3.28. The zero-order valence-corrected chi connectivity index (χ0v) is 14.1. The average Bonchev–Trinajstić information content (AvgIpc) is 3.15. The smallest absolute Gasteiger partial charge is 0.232 e. The second-order valence-electron chi connectivity index (χ2n) is 6.62. The molecule has 7 nitrogen and oxygen atoms in total. The zero-order valence-electron chi connectivity index (χ0n) is 14.1. The van der Waals surface area contributed by atoms with Gasteiger partial charge in [-0.2, -0.15) is 5.26 Å². The van der Waals surface area contributed by atoms with Gasteiger partial charge in [0.2, 0.25) is 12.7 Å². The highest BCUT2D eigenvalue weighted by atomic mass is 16.7. The number of hydrogen-bond acceptors (Lipinski definition) is 6. The number of benzene rings is 2. The van der Waals surface area contributed by atoms with E-state index in [-0.39, 0.29) is 24.2 Å². The number of nitrogens with one attached hydrogen (secondary N) is 1. The van der Waals surface area contributed by atoms with Crippen molar-refractivity contribution in [1.29, 1.82) is 5.26 Å². The fourth-order valence-corrected chi connectivity index (χ4v) is 4.01. The fourth-order valence-electron chi connectivity index (χ4n) is 4.01. The van der Waals surface area contributed by atoms with Gasteiger partial charge in [-0.25, -0.2) is 0 Å². The number of amides is 1. The molecule has 0 aliphatic carbocycles. The van der Waals surface area contributed by atoms with Crippen molar-refractivity contribution < 1.29 is 19.0 Å². The van der Waals surface area contributed by atoms with Gasteiger partial charge in [0.1, 0.15) is 12.2 Å². The predicted octanol–water partition coefficient (Wildman–Crippen LogP) is 2.53. The van der Waals surface area contributed by atoms with E-state index >= 15 is 0 Å². The molecule has 0 radical (unpaired) electrons. The maximum Gasteiger partial charge on any atom is 0.232 e. The predicted molar refractivity (Wildman–Crippen MR) is 94.5 cm³/mol. The van der Waals surface area contributed by atoms with Crippen LogP contribution in [-0.4, -0.2) is 12.7 Å². The van der Waals surface area contributed by atoms with Gasteiger partial charge >= 0.3 is 0 Å². The van der Waals surface area contributed by atoms with Crippen molar-refractivity contribution in [3.05, 3.63) is 65.0 Å². The first-order chi connectivity index (χ1) is 13.2. The van der Waals surface area contributed by atoms with E-state index in [2.05, 4.69) is 11.4 Å². The van der Waals surface area contributed by atoms with Gasteiger partial charge in [0.15, 0.2) is 17.4 Å². The standard InChI is InChI=1S/C20H15N3O4/c21-8-12-16(10-5-6-14-15(7-10)26-9-25-14)17-18(27-19(12)22)11-3-1-2-4-13(11)23-20(17)24/h1-7,16-18H,9,22H2,(H,23,24). The molecular weight excluding hydrogens is 346 g/mol. The molecule has 134 valence electrons. The van der Waals surface area contributed by atoms with Crippen LogP contribution in [0.2, 0.25) is 0 Å². The Bertz CT molecular complexity index is 1040. The number of rotatable bonds is 1. The van der Waals surface area contributed by atoms with Crippen molar-refractivity contribution in [1.82, 2.24) is 0 Å². The van der Waals surface area contributed by atoms with Crippen LogP contribution < -0.4 is 20.5 Å². The van der Waals surface area contributed by atoms with E-state index in [1.165, 1.54) is 0 Å². The molecule has 3 aliphatic rings. The van der Waals surface area contributed by atoms with Gasteiger partial charge in [-0.1, -0.05) is 24.3 Å². The van der Waals surface area contributed by atoms with Crippen LogP contribution in [0.1, 0.15) is 23.1 Å². The van der Waals surface area contributed by atoms with Crippen LogP contribution in [0, 0.1) is 17.2 Å². The quantitative estimate of drug-likeness (QED) is 0.808. The van der Waals surface area contributed by atoms with E-state index in [4.69, 9.17) is 19.9 Å². The number of para-hydroxylation sites is 1. The summed E-state index contributed by atoms with van der Waals surface area (Å²) in [6.45, 7) is 0.148. The highest BCUT2D eigenvalue weighted by Gasteiger charge is 2.48. The molecule has 3 heterocycles. The Labute approximate surface area is 154 Å². The van der Waals surface area contributed by atoms with E-state index in [9.17, 15) is 10.1 Å². The normalized spacial score (nSPS) is 25.0. The first-order valence-electron chi connectivity index (χ1n) is 8.53. The number of ether oxygens (including phenoxy) is 3. The molecule has 2 aromatic rings. The van der Waals surface area contributed by atoms with Crippen molar-refractivity contribution in [3.8, 4) is 17.6 Å². The molecule has 3 aliphatic heterocycles. The lowest BCUT2D eigenvalue weighted by atomic mass is 9.72. The van der Waals surface area contributed by atoms with Crippen LogP contribution in [0.25, 0.3) is 0 Å². The van der Waals surface area contributed by atoms with Crippen LogP contribution >= 0.6 is 0 Å². The Morgan fingerprint density at radius 1 is 1.15 bits per heavy atom. The number of carbonyl (C=O) groups excluding carboxylic acids is 1. The summed E-state index contributed by atoms with van der Waals surface area (Å²) >= 11 is 0. The minimum atomic E-state index is -0.623. The Balaban J connectivity index is 1.68. The molecule has 0 spiro atoms. The third kappa shape index (κ3) is 2.23. The molecular formula is C20H15N3O4. The first-order valence-corrected chi connectivity index (χ1v) is 8.53. The molecule has 3 unspecified atom stereocenters. The van der Waals surface area contributed by atoms with Gasteiger partial charge in [0.05, 0.1) is 11.5 Å². The van der Waals surface area contributed by atoms with Crippen molar-refractivity contribution in [2.24, 2.45) is 11.7 Å². The SMILES string of the molecule is N#CC1=C(N)OC2c3ccccc3NC(=O)C2C1c1ccc2c(c1)OCO2. The summed E-state index contributed by atoms with van der Waals surface area (Å²) in [4.78, 5) is 13.0. The van der Waals surface area contributed by atoms with Crippen LogP contribution in [-0.2, 0) is 9.53 Å². The maximum absolute atomic E-state index is 13.0. The highest BCUT2D eigenvalue weighted by molar-refractivity contribution is 5.97. The summed E-state index contributed by atoms with van der Waals surface area (Å²) in [7, 11) is 0. The lowest BCUT2D eigenvalue weighted by Gasteiger charge is -2.41. The Morgan fingerprint density at radius 3 is 2.81 bits per heavy atom. The monoisotopic (exact) mass is 361 g/mol. The van der Waals surface area contributed by atoms with Gasteiger partial charge in [-0.15, -0.1) is 0 Å². The second-order valence-corrected chi connectivity index (χ2v) is 6.62. The molecule has 27 heavy (non-hydrogen) atoms. The summed E-state index contributed by atoms with van der Waals surface area (Å²) in [6.07, 6.45) is -0.567. The molecule has 0 saturated carbocycles. The lowest BCUT2D eigenvalue weighted by molar-refractivity contribution is -0.126. The Morgan fingerprint density at radius 2 is 1.96 bits per heavy atom. The molecule has 0 fully saturated rings. The van der Waals surface area contributed by atoms with Crippen molar-refractivity contribution in [2.75, 3.05) is 12.1 Å². The topological polar surface area (TPSA) is 107 Å². The fraction of sp³-hybridized carbons (Fsp3) is 0.200. The highest BCUT2D eigenvalue weighted by Crippen LogP contribution is 2.51. The summed E-state index contributed by atoms with van der Waals surface area (Å²) in [5, 5.41) is 12.6. The molecule has 7 heteroatoms. The maximum atomic E-state index is 13.0. The molecule has 3 N–H and O–H groups in total. The molecule has 1 amide bonds. The number of hydrogen-bond donors (Lipinski definition) is 2. The zero-order chi connectivity index (χ0) is 18.5. The third-order valence-electron chi connectivity index (χ3n) is 5.22. The number of nitrogens with two attached hydrogens (primary N) is 1. The molecule has 0 aromatic heterocycles. The minimum Gasteiger partial charge on any atom is -0.469 e. The number of carbonyl (C=O) groups is 1. The molecule has 3 atom stereocenters. The van der Waals surface area contributed by atoms with Crippen molar-refractivity contribution in [2.45, 2.75) is 12.0 Å². The number of nitriles is 1. The minimum absolute atomic E-state index is 0.0471. The third-order valence-corrected chi connectivity index (χ3v) is 5.22. The van der Waals surface area contributed by atoms with Gasteiger partial charge in [0, 0.05) is 17.2 Å². The number of fused-ring (bicyclic) bond motifs is 4. The van der Waals surface area contributed by atoms with Crippen molar-refractivity contribution in [3.63, 3.8) is 0 Å². The Hall–Kier alpha value is -3.66. The summed E-state index contributed by atoms with van der Waals surface area (Å²) < 4.78 is 16.7. The number of nitrogens with zero attached hydrogens (tertiary/aromatic N) is 1. The second kappa shape index (κ2) is 5.68. The van der Waals surface area contributed by atoms with E-state index in [1.807, 2.05) is 30.3 Å². The molecule has 0 bridgehead atoms. The van der Waals surface area contributed by atoms with Crippen LogP contribution in [0.4, 0.5) is 5.69 Å². The average molecular weight is 361 g/mol. The number of anilines is 1. The summed E-state index contributed by atoms with van der Waals surface area (Å²) in [5.74, 6) is -0.106. The first kappa shape index (κ1) is 15.6. The van der Waals surface area contributed by atoms with E-state index in [0.29, 0.717) is 17.2 Å². The van der Waals surface area contributed by atoms with E-state index < -0.39 is 17.9 Å². The van der Waals surface area contributed by atoms with Crippen LogP contribution in [0.15, 0.2) is 53.9 Å². The van der Waals surface area contributed by atoms with Gasteiger partial charge in [-0.3, -0.25) is 4.79 Å². The van der Waals surface area contributed by atoms with E-state index in [0.717, 1.165) is 11.1 Å². The number of allylic oxidation sites excluding steroid dienone is 1. The van der Waals surface area contributed by atoms with E-state index in [1.54, 1.807) is 12.1 Å². The van der Waals surface area contributed by atoms with Crippen LogP contribution in [0.5, 0.6) is 11.5 Å². The van der Waals surface area contributed by atoms with Crippen molar-refractivity contribution >= 4 is 11.6 Å². The molecule has 5 rings (SSSR count). The van der Waals surface area contributed by atoms with Gasteiger partial charge in [-0.05, 0) is 23.8 Å². The molecule has 2 aromatic carbocycles. The lowest BCUT2D eigenvalue weighted by Crippen LogP contribution is -2.42. The van der Waals surface area contributed by atoms with Gasteiger partial charge in [0.25, 0.3) is 0 Å². The largest absolute Gasteiger partial charge is 0.469 e. The molecule has 0 saturated heterocycles. The summed E-state index contributed by atoms with van der Waals surface area (Å²) in [6, 6.07) is 15.0. The summed E-state index contributed by atoms with van der Waals surface area (Å²) in [5.41, 5.74) is 8.62. The van der Waals surface area contributed by atoms with Crippen LogP contribution in [0.3, 0.4) is 0 Å².